The fourth-order valence-corrected chi connectivity index (χ4v) is 5.50. The number of benzene rings is 2. The molecule has 12 heteroatoms. The second-order valence-corrected chi connectivity index (χ2v) is 10.7. The molecule has 0 radical (unpaired) electrons. The first-order valence-corrected chi connectivity index (χ1v) is 13.6. The smallest absolute Gasteiger partial charge is 0.370 e. The van der Waals surface area contributed by atoms with E-state index in [0.29, 0.717) is 31.5 Å². The Balaban J connectivity index is 1.93. The summed E-state index contributed by atoms with van der Waals surface area (Å²) in [6.07, 6.45) is -0.969. The Morgan fingerprint density at radius 1 is 0.905 bits per heavy atom. The van der Waals surface area contributed by atoms with Crippen molar-refractivity contribution in [3.63, 3.8) is 0 Å². The third-order valence-corrected chi connectivity index (χ3v) is 7.61. The number of carboxylic acids is 2. The van der Waals surface area contributed by atoms with Crippen molar-refractivity contribution in [1.82, 2.24) is 0 Å². The van der Waals surface area contributed by atoms with Gasteiger partial charge in [-0.25, -0.2) is 9.59 Å². The lowest BCUT2D eigenvalue weighted by atomic mass is 9.85. The van der Waals surface area contributed by atoms with Crippen LogP contribution in [-0.2, 0) is 39.9 Å². The van der Waals surface area contributed by atoms with Crippen LogP contribution in [0.2, 0.25) is 0 Å². The zero-order valence-electron chi connectivity index (χ0n) is 23.9. The molecule has 1 amide bonds. The Bertz CT molecular complexity index is 1220. The van der Waals surface area contributed by atoms with Crippen molar-refractivity contribution in [2.45, 2.75) is 43.2 Å². The van der Waals surface area contributed by atoms with Gasteiger partial charge in [0.15, 0.2) is 5.60 Å². The van der Waals surface area contributed by atoms with Gasteiger partial charge in [0.25, 0.3) is 5.91 Å². The molecule has 1 aliphatic heterocycles. The zero-order chi connectivity index (χ0) is 30.8. The van der Waals surface area contributed by atoms with Crippen LogP contribution in [0, 0.1) is 0 Å². The van der Waals surface area contributed by atoms with Crippen LogP contribution in [-0.4, -0.2) is 102 Å². The van der Waals surface area contributed by atoms with Gasteiger partial charge in [-0.3, -0.25) is 14.4 Å². The normalized spacial score (nSPS) is 21.6. The van der Waals surface area contributed by atoms with E-state index in [2.05, 4.69) is 0 Å². The van der Waals surface area contributed by atoms with Crippen molar-refractivity contribution in [2.24, 2.45) is 0 Å². The van der Waals surface area contributed by atoms with Gasteiger partial charge in [-0.05, 0) is 17.7 Å². The van der Waals surface area contributed by atoms with E-state index in [1.807, 2.05) is 60.7 Å². The third kappa shape index (κ3) is 8.13. The van der Waals surface area contributed by atoms with Crippen LogP contribution in [0.15, 0.2) is 60.7 Å². The van der Waals surface area contributed by atoms with Crippen molar-refractivity contribution in [2.75, 3.05) is 52.0 Å². The fraction of sp³-hybridized carbons (Fsp3) is 0.467. The molecule has 0 bridgehead atoms. The second-order valence-electron chi connectivity index (χ2n) is 10.7. The Labute approximate surface area is 244 Å². The summed E-state index contributed by atoms with van der Waals surface area (Å²) in [6.45, 7) is 0.870. The van der Waals surface area contributed by atoms with E-state index in [9.17, 15) is 29.4 Å². The Morgan fingerprint density at radius 2 is 1.50 bits per heavy atom. The van der Waals surface area contributed by atoms with Crippen LogP contribution in [0.1, 0.15) is 31.2 Å². The summed E-state index contributed by atoms with van der Waals surface area (Å²) in [7, 11) is 2.99. The molecule has 1 unspecified atom stereocenters. The number of rotatable bonds is 15. The van der Waals surface area contributed by atoms with E-state index in [-0.39, 0.29) is 36.9 Å². The monoisotopic (exact) mass is 587 g/mol. The molecule has 1 heterocycles. The van der Waals surface area contributed by atoms with Gasteiger partial charge >= 0.3 is 17.9 Å². The highest BCUT2D eigenvalue weighted by Gasteiger charge is 2.51. The zero-order valence-corrected chi connectivity index (χ0v) is 23.9. The largest absolute Gasteiger partial charge is 0.481 e. The quantitative estimate of drug-likeness (QED) is 0.263. The average molecular weight is 588 g/mol. The Kier molecular flexibility index (Phi) is 11.2. The van der Waals surface area contributed by atoms with Crippen LogP contribution >= 0.6 is 0 Å². The minimum Gasteiger partial charge on any atom is -0.481 e. The summed E-state index contributed by atoms with van der Waals surface area (Å²) in [4.78, 5) is 57.0. The van der Waals surface area contributed by atoms with Gasteiger partial charge in [0, 0.05) is 39.2 Å². The number of piperidine rings is 1. The first kappa shape index (κ1) is 32.7. The number of ether oxygens (including phenoxy) is 2. The average Bonchev–Trinajstić information content (AvgIpc) is 2.94. The summed E-state index contributed by atoms with van der Waals surface area (Å²) >= 11 is 0. The number of hydroxylamine groups is 3. The van der Waals surface area contributed by atoms with Gasteiger partial charge in [-0.1, -0.05) is 48.5 Å². The number of carboxylic acid groups (broad SMARTS) is 2. The van der Waals surface area contributed by atoms with Crippen LogP contribution in [0.5, 0.6) is 0 Å². The molecule has 0 aliphatic carbocycles. The van der Waals surface area contributed by atoms with E-state index in [1.165, 1.54) is 7.11 Å². The molecule has 1 atom stereocenters. The Hall–Kier alpha value is -3.84. The van der Waals surface area contributed by atoms with E-state index in [1.54, 1.807) is 12.0 Å². The predicted molar refractivity (Wildman–Crippen MR) is 150 cm³/mol. The molecule has 12 nitrogen and oxygen atoms in total. The molecule has 228 valence electrons. The van der Waals surface area contributed by atoms with Crippen LogP contribution in [0.4, 0.5) is 5.69 Å². The maximum absolute atomic E-state index is 13.4. The predicted octanol–water partition coefficient (Wildman–Crippen LogP) is 2.04. The fourth-order valence-electron chi connectivity index (χ4n) is 5.50. The minimum absolute atomic E-state index is 0.152. The number of amides is 1. The van der Waals surface area contributed by atoms with E-state index in [0.717, 1.165) is 5.56 Å². The number of aliphatic hydroxyl groups is 1. The molecule has 0 aromatic heterocycles. The number of anilines is 1. The lowest BCUT2D eigenvalue weighted by Crippen LogP contribution is -2.66. The molecular weight excluding hydrogens is 548 g/mol. The standard InChI is InChI=1S/C30H38N2O10/c1-40-21-25(33)31(24-11-7-4-8-12-24)29(22-41-2)14-17-32(18-15-29,16-13-23-9-5-3-6-10-23)42-27(36)20-30(39,28(37)38)19-26(34)35/h3-12,39H,13-22H2,1-2H3,(H-,34,35,37,38)/p+1. The van der Waals surface area contributed by atoms with Gasteiger partial charge in [0.1, 0.15) is 26.2 Å². The molecule has 3 rings (SSSR count). The van der Waals surface area contributed by atoms with E-state index in [4.69, 9.17) is 19.4 Å². The number of methoxy groups -OCH3 is 2. The molecule has 0 spiro atoms. The number of carbonyl (C=O) groups excluding carboxylic acids is 2. The third-order valence-electron chi connectivity index (χ3n) is 7.61. The van der Waals surface area contributed by atoms with Crippen molar-refractivity contribution in [3.05, 3.63) is 66.2 Å². The van der Waals surface area contributed by atoms with Gasteiger partial charge in [0.05, 0.1) is 25.0 Å². The maximum Gasteiger partial charge on any atom is 0.370 e. The number of hydrogen-bond donors (Lipinski definition) is 3. The summed E-state index contributed by atoms with van der Waals surface area (Å²) in [5.41, 5.74) is -1.97. The van der Waals surface area contributed by atoms with Gasteiger partial charge in [-0.15, -0.1) is 4.65 Å². The van der Waals surface area contributed by atoms with Crippen LogP contribution in [0.3, 0.4) is 0 Å². The van der Waals surface area contributed by atoms with Crippen LogP contribution in [0.25, 0.3) is 0 Å². The lowest BCUT2D eigenvalue weighted by Gasteiger charge is -2.50. The van der Waals surface area contributed by atoms with Crippen molar-refractivity contribution >= 4 is 29.5 Å². The topological polar surface area (TPSA) is 160 Å². The lowest BCUT2D eigenvalue weighted by molar-refractivity contribution is -1.09. The number of likely N-dealkylation sites (tertiary alicyclic amines) is 1. The molecular formula is C30H39N2O10+. The first-order chi connectivity index (χ1) is 20.0. The van der Waals surface area contributed by atoms with Gasteiger partial charge in [-0.2, -0.15) is 0 Å². The van der Waals surface area contributed by atoms with Gasteiger partial charge < -0.3 is 29.7 Å². The van der Waals surface area contributed by atoms with Crippen LogP contribution < -0.4 is 4.90 Å². The summed E-state index contributed by atoms with van der Waals surface area (Å²) in [6, 6.07) is 18.7. The molecule has 3 N–H and O–H groups in total. The highest BCUT2D eigenvalue weighted by atomic mass is 16.7. The first-order valence-electron chi connectivity index (χ1n) is 13.6. The molecule has 1 saturated heterocycles. The number of carbonyl (C=O) groups is 4. The van der Waals surface area contributed by atoms with E-state index < -0.39 is 41.9 Å². The van der Waals surface area contributed by atoms with E-state index >= 15 is 0 Å². The maximum atomic E-state index is 13.4. The van der Waals surface area contributed by atoms with Crippen molar-refractivity contribution < 1.29 is 53.5 Å². The molecule has 2 aromatic carbocycles. The van der Waals surface area contributed by atoms with Crippen molar-refractivity contribution in [3.8, 4) is 0 Å². The van der Waals surface area contributed by atoms with Crippen molar-refractivity contribution in [1.29, 1.82) is 0 Å². The number of para-hydroxylation sites is 1. The molecule has 0 saturated carbocycles. The molecule has 2 aromatic rings. The molecule has 42 heavy (non-hydrogen) atoms. The SMILES string of the molecule is COCC(=O)N(c1ccccc1)C1(COC)CC[N+](CCc2ccccc2)(OC(=O)CC(O)(CC(=O)O)C(=O)O)CC1. The molecule has 1 aliphatic rings. The minimum atomic E-state index is -2.82. The number of quaternary nitrogens is 1. The highest BCUT2D eigenvalue weighted by Crippen LogP contribution is 2.37. The Morgan fingerprint density at radius 3 is 2.02 bits per heavy atom. The summed E-state index contributed by atoms with van der Waals surface area (Å²) in [5.74, 6) is -4.69. The number of hydrogen-bond acceptors (Lipinski definition) is 8. The molecule has 1 fully saturated rings. The second kappa shape index (κ2) is 14.4. The highest BCUT2D eigenvalue weighted by molar-refractivity contribution is 5.96. The number of nitrogens with zero attached hydrogens (tertiary/aromatic N) is 2. The summed E-state index contributed by atoms with van der Waals surface area (Å²) < 4.78 is 10.6. The number of aliphatic carboxylic acids is 2. The van der Waals surface area contributed by atoms with Gasteiger partial charge in [0.2, 0.25) is 0 Å². The summed E-state index contributed by atoms with van der Waals surface area (Å²) in [5, 5.41) is 29.0.